The van der Waals surface area contributed by atoms with Crippen LogP contribution < -0.4 is 10.6 Å². The number of nitrogens with one attached hydrogen (secondary N) is 3. The molecule has 5 rings (SSSR count). The first-order valence-corrected chi connectivity index (χ1v) is 11.1. The molecule has 4 aromatic heterocycles. The Balaban J connectivity index is 1.45. The number of pyridine rings is 1. The molecule has 0 aromatic carbocycles. The highest BCUT2D eigenvalue weighted by atomic mass is 16.5. The maximum atomic E-state index is 12.9. The largest absolute Gasteiger partial charge is 0.381 e. The topological polar surface area (TPSA) is 109 Å². The molecule has 3 N–H and O–H groups in total. The molecule has 0 aliphatic carbocycles. The normalized spacial score (nSPS) is 15.8. The molecular weight excluding hydrogens is 406 g/mol. The van der Waals surface area contributed by atoms with Crippen LogP contribution in [0.2, 0.25) is 0 Å². The van der Waals surface area contributed by atoms with Crippen molar-refractivity contribution in [1.29, 1.82) is 0 Å². The molecule has 5 heterocycles. The van der Waals surface area contributed by atoms with Crippen LogP contribution >= 0.6 is 0 Å². The number of ether oxygens (including phenoxy) is 1. The lowest BCUT2D eigenvalue weighted by atomic mass is 10.1. The maximum absolute atomic E-state index is 12.9. The van der Waals surface area contributed by atoms with Crippen molar-refractivity contribution in [2.75, 3.05) is 18.5 Å². The number of anilines is 1. The molecule has 1 amide bonds. The highest BCUT2D eigenvalue weighted by Crippen LogP contribution is 2.29. The van der Waals surface area contributed by atoms with Gasteiger partial charge in [-0.15, -0.1) is 0 Å². The van der Waals surface area contributed by atoms with Crippen molar-refractivity contribution in [1.82, 2.24) is 29.9 Å². The van der Waals surface area contributed by atoms with Crippen LogP contribution in [0.25, 0.3) is 27.7 Å². The van der Waals surface area contributed by atoms with Crippen molar-refractivity contribution in [2.45, 2.75) is 45.2 Å². The van der Waals surface area contributed by atoms with Gasteiger partial charge in [-0.25, -0.2) is 9.50 Å². The van der Waals surface area contributed by atoms with E-state index in [0.717, 1.165) is 46.9 Å². The zero-order valence-corrected chi connectivity index (χ0v) is 18.3. The molecule has 1 saturated heterocycles. The van der Waals surface area contributed by atoms with Crippen LogP contribution in [0, 0.1) is 0 Å². The lowest BCUT2D eigenvalue weighted by Crippen LogP contribution is -2.38. The highest BCUT2D eigenvalue weighted by molar-refractivity contribution is 6.02. The second kappa shape index (κ2) is 8.58. The number of hydrogen-bond acceptors (Lipinski definition) is 6. The second-order valence-corrected chi connectivity index (χ2v) is 8.28. The summed E-state index contributed by atoms with van der Waals surface area (Å²) in [5.41, 5.74) is 4.05. The Hall–Kier alpha value is -3.46. The van der Waals surface area contributed by atoms with E-state index < -0.39 is 0 Å². The molecule has 0 radical (unpaired) electrons. The quantitative estimate of drug-likeness (QED) is 0.430. The van der Waals surface area contributed by atoms with Crippen molar-refractivity contribution in [3.63, 3.8) is 0 Å². The summed E-state index contributed by atoms with van der Waals surface area (Å²) >= 11 is 0. The van der Waals surface area contributed by atoms with Crippen LogP contribution in [0.15, 0.2) is 36.9 Å². The number of fused-ring (bicyclic) bond motifs is 2. The van der Waals surface area contributed by atoms with Crippen LogP contribution in [-0.2, 0) is 4.74 Å². The van der Waals surface area contributed by atoms with Gasteiger partial charge in [0.25, 0.3) is 5.91 Å². The first-order chi connectivity index (χ1) is 15.6. The molecule has 1 fully saturated rings. The second-order valence-electron chi connectivity index (χ2n) is 8.28. The molecule has 0 spiro atoms. The fourth-order valence-electron chi connectivity index (χ4n) is 3.97. The van der Waals surface area contributed by atoms with Gasteiger partial charge in [-0.3, -0.25) is 4.79 Å². The summed E-state index contributed by atoms with van der Waals surface area (Å²) in [5.74, 6) is 0.505. The minimum atomic E-state index is -0.105. The first kappa shape index (κ1) is 20.4. The molecule has 1 aliphatic rings. The minimum absolute atomic E-state index is 0.105. The van der Waals surface area contributed by atoms with Gasteiger partial charge in [-0.05, 0) is 43.9 Å². The van der Waals surface area contributed by atoms with Crippen molar-refractivity contribution in [3.05, 3.63) is 42.5 Å². The molecule has 9 nitrogen and oxygen atoms in total. The van der Waals surface area contributed by atoms with Crippen LogP contribution in [-0.4, -0.2) is 55.8 Å². The summed E-state index contributed by atoms with van der Waals surface area (Å²) in [6.07, 6.45) is 9.91. The summed E-state index contributed by atoms with van der Waals surface area (Å²) in [6.45, 7) is 5.58. The molecule has 1 aliphatic heterocycles. The van der Waals surface area contributed by atoms with Crippen LogP contribution in [0.1, 0.15) is 43.5 Å². The predicted molar refractivity (Wildman–Crippen MR) is 123 cm³/mol. The van der Waals surface area contributed by atoms with Crippen LogP contribution in [0.5, 0.6) is 0 Å². The number of H-pyrrole nitrogens is 1. The number of aromatic amines is 1. The molecular formula is C23H27N7O2. The van der Waals surface area contributed by atoms with Crippen LogP contribution in [0.3, 0.4) is 0 Å². The monoisotopic (exact) mass is 433 g/mol. The first-order valence-electron chi connectivity index (χ1n) is 11.1. The summed E-state index contributed by atoms with van der Waals surface area (Å²) in [4.78, 5) is 25.2. The number of carbonyl (C=O) groups excluding carboxylic acids is 1. The molecule has 32 heavy (non-hydrogen) atoms. The average Bonchev–Trinajstić information content (AvgIpc) is 3.43. The van der Waals surface area contributed by atoms with Gasteiger partial charge in [-0.1, -0.05) is 6.92 Å². The number of amides is 1. The smallest absolute Gasteiger partial charge is 0.255 e. The van der Waals surface area contributed by atoms with Gasteiger partial charge in [-0.2, -0.15) is 10.1 Å². The zero-order chi connectivity index (χ0) is 22.1. The number of nitrogens with zero attached hydrogens (tertiary/aromatic N) is 4. The SMILES string of the molecule is CCC(C)Nc1ncc2c(-c3ccn4ncc(C(=O)NC5CCOCC5)c4c3)c[nH]c2n1. The number of rotatable bonds is 6. The molecule has 4 aromatic rings. The van der Waals surface area contributed by atoms with Gasteiger partial charge in [0.2, 0.25) is 5.95 Å². The summed E-state index contributed by atoms with van der Waals surface area (Å²) in [7, 11) is 0. The molecule has 166 valence electrons. The Morgan fingerprint density at radius 3 is 3.00 bits per heavy atom. The molecule has 9 heteroatoms. The van der Waals surface area contributed by atoms with E-state index >= 15 is 0 Å². The molecule has 1 atom stereocenters. The third-order valence-corrected chi connectivity index (χ3v) is 6.05. The van der Waals surface area contributed by atoms with E-state index in [2.05, 4.69) is 44.5 Å². The Morgan fingerprint density at radius 1 is 1.34 bits per heavy atom. The van der Waals surface area contributed by atoms with E-state index in [1.54, 1.807) is 10.7 Å². The Kier molecular flexibility index (Phi) is 5.48. The van der Waals surface area contributed by atoms with Crippen molar-refractivity contribution < 1.29 is 9.53 Å². The lowest BCUT2D eigenvalue weighted by molar-refractivity contribution is 0.0697. The van der Waals surface area contributed by atoms with Crippen LogP contribution in [0.4, 0.5) is 5.95 Å². The van der Waals surface area contributed by atoms with E-state index in [9.17, 15) is 4.79 Å². The summed E-state index contributed by atoms with van der Waals surface area (Å²) < 4.78 is 7.11. The highest BCUT2D eigenvalue weighted by Gasteiger charge is 2.20. The summed E-state index contributed by atoms with van der Waals surface area (Å²) in [5, 5.41) is 11.7. The van der Waals surface area contributed by atoms with Gasteiger partial charge >= 0.3 is 0 Å². The summed E-state index contributed by atoms with van der Waals surface area (Å²) in [6, 6.07) is 4.41. The molecule has 0 saturated carbocycles. The van der Waals surface area contributed by atoms with Gasteiger partial charge in [0.05, 0.1) is 17.3 Å². The van der Waals surface area contributed by atoms with E-state index in [-0.39, 0.29) is 11.9 Å². The van der Waals surface area contributed by atoms with Crippen molar-refractivity contribution >= 4 is 28.4 Å². The third kappa shape index (κ3) is 3.91. The van der Waals surface area contributed by atoms with Gasteiger partial charge in [0, 0.05) is 54.8 Å². The standard InChI is InChI=1S/C23H27N7O2/c1-3-14(2)27-23-25-12-18-17(11-24-21(18)29-23)15-4-7-30-20(10-15)19(13-26-30)22(31)28-16-5-8-32-9-6-16/h4,7,10-14,16H,3,5-6,8-9H2,1-2H3,(H,28,31)(H2,24,25,27,29). The third-order valence-electron chi connectivity index (χ3n) is 6.05. The van der Waals surface area contributed by atoms with E-state index in [1.165, 1.54) is 0 Å². The van der Waals surface area contributed by atoms with Gasteiger partial charge in [0.1, 0.15) is 5.65 Å². The van der Waals surface area contributed by atoms with Crippen molar-refractivity contribution in [3.8, 4) is 11.1 Å². The van der Waals surface area contributed by atoms with Gasteiger partial charge in [0.15, 0.2) is 0 Å². The average molecular weight is 434 g/mol. The number of aromatic nitrogens is 5. The van der Waals surface area contributed by atoms with Gasteiger partial charge < -0.3 is 20.4 Å². The number of carbonyl (C=O) groups is 1. The Bertz CT molecular complexity index is 1260. The fraction of sp³-hybridized carbons (Fsp3) is 0.391. The zero-order valence-electron chi connectivity index (χ0n) is 18.3. The molecule has 1 unspecified atom stereocenters. The maximum Gasteiger partial charge on any atom is 0.255 e. The molecule has 0 bridgehead atoms. The Labute approximate surface area is 185 Å². The minimum Gasteiger partial charge on any atom is -0.381 e. The van der Waals surface area contributed by atoms with E-state index in [4.69, 9.17) is 4.74 Å². The van der Waals surface area contributed by atoms with E-state index in [0.29, 0.717) is 30.8 Å². The number of hydrogen-bond donors (Lipinski definition) is 3. The van der Waals surface area contributed by atoms with E-state index in [1.807, 2.05) is 30.7 Å². The fourth-order valence-corrected chi connectivity index (χ4v) is 3.97. The van der Waals surface area contributed by atoms with Crippen molar-refractivity contribution in [2.24, 2.45) is 0 Å². The Morgan fingerprint density at radius 2 is 2.19 bits per heavy atom. The lowest BCUT2D eigenvalue weighted by Gasteiger charge is -2.22. The predicted octanol–water partition coefficient (Wildman–Crippen LogP) is 3.39.